The highest BCUT2D eigenvalue weighted by Gasteiger charge is 2.14. The van der Waals surface area contributed by atoms with Crippen molar-refractivity contribution in [3.63, 3.8) is 0 Å². The zero-order chi connectivity index (χ0) is 14.3. The molecular weight excluding hydrogens is 260 g/mol. The summed E-state index contributed by atoms with van der Waals surface area (Å²) in [7, 11) is 0. The number of aromatic hydroxyl groups is 3. The molecule has 0 bridgehead atoms. The smallest absolute Gasteiger partial charge is 0.177 e. The molecule has 0 radical (unpaired) electrons. The molecule has 1 heterocycles. The Hall–Kier alpha value is -2.95. The second-order valence-electron chi connectivity index (χ2n) is 4.35. The SMILES string of the molecule is O=Cc1ccc(O)c2oc(-c3ccc(O)c(O)c3)cc12. The Balaban J connectivity index is 2.24. The first kappa shape index (κ1) is 12.1. The maximum absolute atomic E-state index is 11.0. The first-order valence-electron chi connectivity index (χ1n) is 5.83. The van der Waals surface area contributed by atoms with E-state index in [0.717, 1.165) is 0 Å². The molecule has 0 atom stereocenters. The van der Waals surface area contributed by atoms with Gasteiger partial charge in [0.2, 0.25) is 0 Å². The van der Waals surface area contributed by atoms with Crippen LogP contribution < -0.4 is 0 Å². The number of hydrogen-bond donors (Lipinski definition) is 3. The lowest BCUT2D eigenvalue weighted by molar-refractivity contribution is 0.112. The first-order chi connectivity index (χ1) is 9.60. The number of furan rings is 1. The van der Waals surface area contributed by atoms with Crippen molar-refractivity contribution < 1.29 is 24.5 Å². The van der Waals surface area contributed by atoms with Crippen molar-refractivity contribution in [3.8, 4) is 28.6 Å². The van der Waals surface area contributed by atoms with E-state index in [4.69, 9.17) is 4.42 Å². The molecule has 5 heteroatoms. The highest BCUT2D eigenvalue weighted by Crippen LogP contribution is 2.37. The van der Waals surface area contributed by atoms with Crippen LogP contribution in [-0.2, 0) is 0 Å². The van der Waals surface area contributed by atoms with Gasteiger partial charge in [0.1, 0.15) is 5.76 Å². The lowest BCUT2D eigenvalue weighted by Crippen LogP contribution is -1.79. The molecule has 0 saturated heterocycles. The summed E-state index contributed by atoms with van der Waals surface area (Å²) in [6.07, 6.45) is 0.676. The Morgan fingerprint density at radius 3 is 2.35 bits per heavy atom. The van der Waals surface area contributed by atoms with Gasteiger partial charge in [-0.2, -0.15) is 0 Å². The number of hydrogen-bond acceptors (Lipinski definition) is 5. The quantitative estimate of drug-likeness (QED) is 0.492. The van der Waals surface area contributed by atoms with Crippen molar-refractivity contribution in [2.75, 3.05) is 0 Å². The number of phenolic OH excluding ortho intramolecular Hbond substituents is 3. The molecule has 0 saturated carbocycles. The Kier molecular flexibility index (Phi) is 2.61. The fraction of sp³-hybridized carbons (Fsp3) is 0. The Morgan fingerprint density at radius 1 is 0.900 bits per heavy atom. The predicted molar refractivity (Wildman–Crippen MR) is 72.0 cm³/mol. The van der Waals surface area contributed by atoms with E-state index in [1.807, 2.05) is 0 Å². The number of benzene rings is 2. The van der Waals surface area contributed by atoms with Crippen LogP contribution in [0.1, 0.15) is 10.4 Å². The Morgan fingerprint density at radius 2 is 1.65 bits per heavy atom. The summed E-state index contributed by atoms with van der Waals surface area (Å²) in [5.41, 5.74) is 1.13. The van der Waals surface area contributed by atoms with Gasteiger partial charge < -0.3 is 19.7 Å². The van der Waals surface area contributed by atoms with Crippen LogP contribution in [0.15, 0.2) is 40.8 Å². The van der Waals surface area contributed by atoms with Crippen LogP contribution in [-0.4, -0.2) is 21.6 Å². The molecule has 0 spiro atoms. The monoisotopic (exact) mass is 270 g/mol. The molecule has 2 aromatic carbocycles. The van der Waals surface area contributed by atoms with Crippen molar-refractivity contribution in [1.82, 2.24) is 0 Å². The summed E-state index contributed by atoms with van der Waals surface area (Å²) in [5.74, 6) is -0.205. The summed E-state index contributed by atoms with van der Waals surface area (Å²) in [6.45, 7) is 0. The number of phenols is 3. The van der Waals surface area contributed by atoms with Crippen LogP contribution >= 0.6 is 0 Å². The van der Waals surface area contributed by atoms with E-state index in [0.29, 0.717) is 28.6 Å². The molecule has 0 fully saturated rings. The average molecular weight is 270 g/mol. The van der Waals surface area contributed by atoms with Crippen molar-refractivity contribution in [2.45, 2.75) is 0 Å². The van der Waals surface area contributed by atoms with E-state index < -0.39 is 0 Å². The van der Waals surface area contributed by atoms with Gasteiger partial charge in [0.05, 0.1) is 0 Å². The van der Waals surface area contributed by atoms with Crippen molar-refractivity contribution in [3.05, 3.63) is 42.0 Å². The molecule has 100 valence electrons. The average Bonchev–Trinajstić information content (AvgIpc) is 2.88. The Bertz CT molecular complexity index is 816. The van der Waals surface area contributed by atoms with Crippen LogP contribution in [0.5, 0.6) is 17.2 Å². The number of aldehydes is 1. The molecule has 0 aliphatic carbocycles. The molecule has 0 aliphatic rings. The molecule has 3 N–H and O–H groups in total. The minimum Gasteiger partial charge on any atom is -0.504 e. The second-order valence-corrected chi connectivity index (χ2v) is 4.35. The van der Waals surface area contributed by atoms with E-state index >= 15 is 0 Å². The maximum Gasteiger partial charge on any atom is 0.177 e. The van der Waals surface area contributed by atoms with Gasteiger partial charge in [-0.05, 0) is 36.4 Å². The van der Waals surface area contributed by atoms with Gasteiger partial charge >= 0.3 is 0 Å². The number of carbonyl (C=O) groups excluding carboxylic acids is 1. The molecule has 5 nitrogen and oxygen atoms in total. The third-order valence-electron chi connectivity index (χ3n) is 3.08. The van der Waals surface area contributed by atoms with Gasteiger partial charge in [-0.25, -0.2) is 0 Å². The second kappa shape index (κ2) is 4.31. The first-order valence-corrected chi connectivity index (χ1v) is 5.83. The minimum absolute atomic E-state index is 0.0696. The lowest BCUT2D eigenvalue weighted by Gasteiger charge is -2.00. The van der Waals surface area contributed by atoms with Gasteiger partial charge in [-0.1, -0.05) is 0 Å². The molecule has 3 aromatic rings. The van der Waals surface area contributed by atoms with Gasteiger partial charge in [-0.3, -0.25) is 4.79 Å². The van der Waals surface area contributed by atoms with Gasteiger partial charge in [0.25, 0.3) is 0 Å². The van der Waals surface area contributed by atoms with Gasteiger partial charge in [0.15, 0.2) is 29.1 Å². The van der Waals surface area contributed by atoms with Crippen LogP contribution in [0.3, 0.4) is 0 Å². The molecule has 3 rings (SSSR count). The van der Waals surface area contributed by atoms with E-state index in [1.165, 1.54) is 24.3 Å². The standard InChI is InChI=1S/C15H10O5/c16-7-9-2-4-12(18)15-10(9)6-14(20-15)8-1-3-11(17)13(19)5-8/h1-7,17-19H. The zero-order valence-electron chi connectivity index (χ0n) is 10.2. The third kappa shape index (κ3) is 1.76. The number of fused-ring (bicyclic) bond motifs is 1. The van der Waals surface area contributed by atoms with Crippen molar-refractivity contribution in [1.29, 1.82) is 0 Å². The topological polar surface area (TPSA) is 90.9 Å². The highest BCUT2D eigenvalue weighted by molar-refractivity contribution is 6.00. The van der Waals surface area contributed by atoms with Crippen molar-refractivity contribution >= 4 is 17.3 Å². The fourth-order valence-electron chi connectivity index (χ4n) is 2.05. The normalized spacial score (nSPS) is 10.8. The maximum atomic E-state index is 11.0. The summed E-state index contributed by atoms with van der Waals surface area (Å²) in [4.78, 5) is 11.0. The largest absolute Gasteiger partial charge is 0.504 e. The molecule has 0 amide bonds. The number of rotatable bonds is 2. The van der Waals surface area contributed by atoms with E-state index in [2.05, 4.69) is 0 Å². The van der Waals surface area contributed by atoms with Gasteiger partial charge in [-0.15, -0.1) is 0 Å². The van der Waals surface area contributed by atoms with Crippen LogP contribution in [0.25, 0.3) is 22.3 Å². The van der Waals surface area contributed by atoms with Crippen LogP contribution in [0.2, 0.25) is 0 Å². The molecule has 20 heavy (non-hydrogen) atoms. The van der Waals surface area contributed by atoms with E-state index in [9.17, 15) is 20.1 Å². The van der Waals surface area contributed by atoms with E-state index in [1.54, 1.807) is 12.1 Å². The third-order valence-corrected chi connectivity index (χ3v) is 3.08. The lowest BCUT2D eigenvalue weighted by atomic mass is 10.1. The summed E-state index contributed by atoms with van der Waals surface area (Å²) in [6, 6.07) is 8.71. The highest BCUT2D eigenvalue weighted by atomic mass is 16.4. The van der Waals surface area contributed by atoms with Gasteiger partial charge in [0, 0.05) is 16.5 Å². The summed E-state index contributed by atoms with van der Waals surface area (Å²) in [5, 5.41) is 29.0. The van der Waals surface area contributed by atoms with Crippen LogP contribution in [0, 0.1) is 0 Å². The molecule has 0 unspecified atom stereocenters. The van der Waals surface area contributed by atoms with E-state index in [-0.39, 0.29) is 22.8 Å². The zero-order valence-corrected chi connectivity index (χ0v) is 10.2. The van der Waals surface area contributed by atoms with Crippen LogP contribution in [0.4, 0.5) is 0 Å². The molecule has 1 aromatic heterocycles. The molecular formula is C15H10O5. The molecule has 0 aliphatic heterocycles. The number of carbonyl (C=O) groups is 1. The fourth-order valence-corrected chi connectivity index (χ4v) is 2.05. The summed E-state index contributed by atoms with van der Waals surface area (Å²) < 4.78 is 5.52. The van der Waals surface area contributed by atoms with Crippen molar-refractivity contribution in [2.24, 2.45) is 0 Å². The predicted octanol–water partition coefficient (Wildman–Crippen LogP) is 3.03. The Labute approximate surface area is 113 Å². The summed E-state index contributed by atoms with van der Waals surface area (Å²) >= 11 is 0. The minimum atomic E-state index is -0.275.